The zero-order valence-electron chi connectivity index (χ0n) is 12.1. The molecule has 0 spiro atoms. The van der Waals surface area contributed by atoms with Crippen LogP contribution in [0.2, 0.25) is 0 Å². The Labute approximate surface area is 140 Å². The molecule has 3 heterocycles. The highest BCUT2D eigenvalue weighted by Gasteiger charge is 2.14. The first-order valence-corrected chi connectivity index (χ1v) is 7.69. The molecule has 0 unspecified atom stereocenters. The Balaban J connectivity index is 1.70. The van der Waals surface area contributed by atoms with Crippen molar-refractivity contribution < 1.29 is 4.52 Å². The van der Waals surface area contributed by atoms with Gasteiger partial charge in [-0.1, -0.05) is 18.2 Å². The number of rotatable bonds is 5. The molecule has 0 aliphatic carbocycles. The molecule has 0 fully saturated rings. The average Bonchev–Trinajstić information content (AvgIpc) is 3.30. The zero-order valence-corrected chi connectivity index (χ0v) is 13.0. The SMILES string of the molecule is c1ccc(Sc2nnc(-n3ccnc3)c(Nc3ncon3)n2)cc1. The fourth-order valence-corrected chi connectivity index (χ4v) is 2.64. The number of nitrogens with zero attached hydrogens (tertiary/aromatic N) is 7. The molecule has 0 saturated heterocycles. The molecule has 0 aliphatic heterocycles. The number of hydrogen-bond donors (Lipinski definition) is 1. The van der Waals surface area contributed by atoms with Gasteiger partial charge in [0.15, 0.2) is 5.82 Å². The van der Waals surface area contributed by atoms with Crippen LogP contribution in [0.4, 0.5) is 11.8 Å². The third-order valence-electron chi connectivity index (χ3n) is 2.94. The summed E-state index contributed by atoms with van der Waals surface area (Å²) < 4.78 is 6.43. The van der Waals surface area contributed by atoms with E-state index < -0.39 is 0 Å². The van der Waals surface area contributed by atoms with E-state index in [1.54, 1.807) is 23.3 Å². The Kier molecular flexibility index (Phi) is 3.86. The van der Waals surface area contributed by atoms with Gasteiger partial charge in [0.05, 0.1) is 0 Å². The van der Waals surface area contributed by atoms with Crippen LogP contribution in [0.5, 0.6) is 0 Å². The summed E-state index contributed by atoms with van der Waals surface area (Å²) in [5.74, 6) is 1.21. The van der Waals surface area contributed by atoms with Crippen LogP contribution in [-0.4, -0.2) is 34.9 Å². The number of anilines is 2. The second-order valence-corrected chi connectivity index (χ2v) is 5.57. The third-order valence-corrected chi connectivity index (χ3v) is 3.81. The minimum absolute atomic E-state index is 0.285. The Bertz CT molecular complexity index is 911. The van der Waals surface area contributed by atoms with Crippen LogP contribution in [0.25, 0.3) is 5.82 Å². The van der Waals surface area contributed by atoms with Crippen molar-refractivity contribution in [2.45, 2.75) is 10.1 Å². The summed E-state index contributed by atoms with van der Waals surface area (Å²) in [6.07, 6.45) is 6.23. The minimum Gasteiger partial charge on any atom is -0.341 e. The van der Waals surface area contributed by atoms with Gasteiger partial charge >= 0.3 is 0 Å². The van der Waals surface area contributed by atoms with Crippen molar-refractivity contribution in [2.24, 2.45) is 0 Å². The van der Waals surface area contributed by atoms with E-state index >= 15 is 0 Å². The topological polar surface area (TPSA) is 107 Å². The first-order chi connectivity index (χ1) is 11.9. The molecule has 0 radical (unpaired) electrons. The van der Waals surface area contributed by atoms with Crippen molar-refractivity contribution in [1.82, 2.24) is 34.9 Å². The van der Waals surface area contributed by atoms with E-state index in [-0.39, 0.29) is 5.95 Å². The van der Waals surface area contributed by atoms with Crippen molar-refractivity contribution in [3.05, 3.63) is 55.4 Å². The molecule has 4 aromatic rings. The second kappa shape index (κ2) is 6.46. The van der Waals surface area contributed by atoms with Crippen molar-refractivity contribution >= 4 is 23.5 Å². The van der Waals surface area contributed by atoms with Crippen LogP contribution >= 0.6 is 11.8 Å². The number of aromatic nitrogens is 7. The molecule has 10 heteroatoms. The lowest BCUT2D eigenvalue weighted by molar-refractivity contribution is 0.419. The van der Waals surface area contributed by atoms with Gasteiger partial charge in [-0.05, 0) is 29.1 Å². The number of nitrogens with one attached hydrogen (secondary N) is 1. The molecule has 4 rings (SSSR count). The zero-order chi connectivity index (χ0) is 16.2. The van der Waals surface area contributed by atoms with Gasteiger partial charge in [0, 0.05) is 17.3 Å². The summed E-state index contributed by atoms with van der Waals surface area (Å²) >= 11 is 1.41. The summed E-state index contributed by atoms with van der Waals surface area (Å²) in [7, 11) is 0. The van der Waals surface area contributed by atoms with Gasteiger partial charge in [0.1, 0.15) is 6.33 Å². The maximum absolute atomic E-state index is 4.73. The number of hydrogen-bond acceptors (Lipinski definition) is 9. The van der Waals surface area contributed by atoms with Gasteiger partial charge in [-0.3, -0.25) is 4.57 Å². The van der Waals surface area contributed by atoms with Gasteiger partial charge in [0.2, 0.25) is 17.4 Å². The second-order valence-electron chi connectivity index (χ2n) is 4.53. The Morgan fingerprint density at radius 3 is 2.79 bits per heavy atom. The van der Waals surface area contributed by atoms with Crippen LogP contribution < -0.4 is 5.32 Å². The highest BCUT2D eigenvalue weighted by Crippen LogP contribution is 2.26. The van der Waals surface area contributed by atoms with Crippen molar-refractivity contribution in [3.8, 4) is 5.82 Å². The highest BCUT2D eigenvalue weighted by molar-refractivity contribution is 7.99. The molecule has 24 heavy (non-hydrogen) atoms. The predicted octanol–water partition coefficient (Wildman–Crippen LogP) is 2.34. The Hall–Kier alpha value is -3.27. The monoisotopic (exact) mass is 338 g/mol. The smallest absolute Gasteiger partial charge is 0.268 e. The van der Waals surface area contributed by atoms with Crippen LogP contribution in [0, 0.1) is 0 Å². The number of benzene rings is 1. The number of imidazole rings is 1. The molecule has 0 bridgehead atoms. The summed E-state index contributed by atoms with van der Waals surface area (Å²) in [5, 5.41) is 15.6. The largest absolute Gasteiger partial charge is 0.341 e. The highest BCUT2D eigenvalue weighted by atomic mass is 32.2. The average molecular weight is 338 g/mol. The molecular formula is C14H10N8OS. The summed E-state index contributed by atoms with van der Waals surface area (Å²) in [6, 6.07) is 9.81. The van der Waals surface area contributed by atoms with E-state index in [2.05, 4.69) is 35.6 Å². The maximum atomic E-state index is 4.73. The van der Waals surface area contributed by atoms with E-state index in [1.165, 1.54) is 18.2 Å². The summed E-state index contributed by atoms with van der Waals surface area (Å²) in [4.78, 5) is 13.5. The van der Waals surface area contributed by atoms with Gasteiger partial charge in [0.25, 0.3) is 5.95 Å². The van der Waals surface area contributed by atoms with Gasteiger partial charge in [-0.25, -0.2) is 4.98 Å². The molecular weight excluding hydrogens is 328 g/mol. The Morgan fingerprint density at radius 2 is 2.04 bits per heavy atom. The standard InChI is InChI=1S/C14H10N8OS/c1-2-4-10(5-3-1)24-14-18-11(17-13-16-9-23-21-13)12(19-20-14)22-7-6-15-8-22/h1-9H,(H,17,18,20,21). The molecule has 0 atom stereocenters. The molecule has 0 amide bonds. The van der Waals surface area contributed by atoms with Crippen LogP contribution in [0.1, 0.15) is 0 Å². The van der Waals surface area contributed by atoms with Gasteiger partial charge in [-0.15, -0.1) is 10.2 Å². The fourth-order valence-electron chi connectivity index (χ4n) is 1.92. The lowest BCUT2D eigenvalue weighted by Crippen LogP contribution is -2.07. The normalized spacial score (nSPS) is 10.7. The molecule has 9 nitrogen and oxygen atoms in total. The summed E-state index contributed by atoms with van der Waals surface area (Å²) in [5.41, 5.74) is 0. The van der Waals surface area contributed by atoms with E-state index in [1.807, 2.05) is 30.3 Å². The third kappa shape index (κ3) is 3.08. The lowest BCUT2D eigenvalue weighted by atomic mass is 10.4. The van der Waals surface area contributed by atoms with E-state index in [0.29, 0.717) is 16.8 Å². The predicted molar refractivity (Wildman–Crippen MR) is 85.1 cm³/mol. The first-order valence-electron chi connectivity index (χ1n) is 6.88. The minimum atomic E-state index is 0.285. The van der Waals surface area contributed by atoms with E-state index in [9.17, 15) is 0 Å². The maximum Gasteiger partial charge on any atom is 0.268 e. The molecule has 0 saturated carbocycles. The fraction of sp³-hybridized carbons (Fsp3) is 0. The van der Waals surface area contributed by atoms with E-state index in [0.717, 1.165) is 4.90 Å². The van der Waals surface area contributed by atoms with Gasteiger partial charge in [-0.2, -0.15) is 9.97 Å². The van der Waals surface area contributed by atoms with Crippen LogP contribution in [0.3, 0.4) is 0 Å². The van der Waals surface area contributed by atoms with Crippen LogP contribution in [0.15, 0.2) is 70.0 Å². The van der Waals surface area contributed by atoms with Crippen LogP contribution in [-0.2, 0) is 0 Å². The van der Waals surface area contributed by atoms with E-state index in [4.69, 9.17) is 4.52 Å². The molecule has 3 aromatic heterocycles. The van der Waals surface area contributed by atoms with Crippen molar-refractivity contribution in [2.75, 3.05) is 5.32 Å². The quantitative estimate of drug-likeness (QED) is 0.586. The first kappa shape index (κ1) is 14.3. The summed E-state index contributed by atoms with van der Waals surface area (Å²) in [6.45, 7) is 0. The molecule has 1 N–H and O–H groups in total. The molecule has 1 aromatic carbocycles. The Morgan fingerprint density at radius 1 is 1.12 bits per heavy atom. The lowest BCUT2D eigenvalue weighted by Gasteiger charge is -2.08. The van der Waals surface area contributed by atoms with Crippen molar-refractivity contribution in [1.29, 1.82) is 0 Å². The molecule has 0 aliphatic rings. The molecule has 118 valence electrons. The van der Waals surface area contributed by atoms with Crippen molar-refractivity contribution in [3.63, 3.8) is 0 Å². The van der Waals surface area contributed by atoms with Gasteiger partial charge < -0.3 is 9.84 Å².